The van der Waals surface area contributed by atoms with Crippen LogP contribution in [0.4, 0.5) is 0 Å². The number of ether oxygens (including phenoxy) is 2. The number of carbonyl (C=O) groups is 1. The van der Waals surface area contributed by atoms with Gasteiger partial charge in [-0.1, -0.05) is 28.1 Å². The molecule has 3 rings (SSSR count). The maximum Gasteiger partial charge on any atom is 0.277 e. The number of hydrogen-bond donors (Lipinski definition) is 1. The SMILES string of the molecule is O=C(COc1ccc(Br)cc1Br)N/N=C/c1ccc(OCc2ccc(I)cc2)cc1. The van der Waals surface area contributed by atoms with E-state index >= 15 is 0 Å². The van der Waals surface area contributed by atoms with E-state index in [9.17, 15) is 4.79 Å². The van der Waals surface area contributed by atoms with E-state index in [1.165, 1.54) is 3.57 Å². The summed E-state index contributed by atoms with van der Waals surface area (Å²) in [4.78, 5) is 11.9. The molecule has 1 N–H and O–H groups in total. The lowest BCUT2D eigenvalue weighted by molar-refractivity contribution is -0.123. The smallest absolute Gasteiger partial charge is 0.277 e. The minimum absolute atomic E-state index is 0.136. The number of hydrogen-bond acceptors (Lipinski definition) is 4. The molecule has 0 aliphatic rings. The molecule has 30 heavy (non-hydrogen) atoms. The summed E-state index contributed by atoms with van der Waals surface area (Å²) in [5, 5.41) is 3.96. The summed E-state index contributed by atoms with van der Waals surface area (Å²) in [6, 6.07) is 21.1. The fraction of sp³-hybridized carbons (Fsp3) is 0.0909. The maximum atomic E-state index is 11.9. The first-order valence-electron chi connectivity index (χ1n) is 8.87. The molecule has 0 heterocycles. The second kappa shape index (κ2) is 11.5. The second-order valence-corrected chi connectivity index (χ2v) is 9.16. The highest BCUT2D eigenvalue weighted by atomic mass is 127. The summed E-state index contributed by atoms with van der Waals surface area (Å²) in [7, 11) is 0. The Labute approximate surface area is 205 Å². The van der Waals surface area contributed by atoms with E-state index in [1.807, 2.05) is 48.5 Å². The average Bonchev–Trinajstić information content (AvgIpc) is 2.74. The van der Waals surface area contributed by atoms with Crippen LogP contribution in [0.5, 0.6) is 11.5 Å². The summed E-state index contributed by atoms with van der Waals surface area (Å²) in [6.07, 6.45) is 1.57. The first-order valence-corrected chi connectivity index (χ1v) is 11.5. The number of carbonyl (C=O) groups excluding carboxylic acids is 1. The Balaban J connectivity index is 1.43. The van der Waals surface area contributed by atoms with Crippen LogP contribution < -0.4 is 14.9 Å². The predicted molar refractivity (Wildman–Crippen MR) is 133 cm³/mol. The van der Waals surface area contributed by atoms with Gasteiger partial charge in [-0.15, -0.1) is 0 Å². The van der Waals surface area contributed by atoms with E-state index in [4.69, 9.17) is 9.47 Å². The largest absolute Gasteiger partial charge is 0.489 e. The molecule has 0 aromatic heterocycles. The van der Waals surface area contributed by atoms with Crippen molar-refractivity contribution in [3.05, 3.63) is 90.4 Å². The first-order chi connectivity index (χ1) is 14.5. The van der Waals surface area contributed by atoms with Gasteiger partial charge in [0.1, 0.15) is 18.1 Å². The molecule has 3 aromatic carbocycles. The number of halogens is 3. The van der Waals surface area contributed by atoms with Crippen LogP contribution in [0.15, 0.2) is 80.8 Å². The zero-order chi connectivity index (χ0) is 21.3. The molecule has 0 unspecified atom stereocenters. The molecule has 0 spiro atoms. The Morgan fingerprint density at radius 2 is 1.73 bits per heavy atom. The van der Waals surface area contributed by atoms with Crippen LogP contribution in [0.3, 0.4) is 0 Å². The predicted octanol–water partition coefficient (Wildman–Crippen LogP) is 5.92. The van der Waals surface area contributed by atoms with E-state index < -0.39 is 0 Å². The van der Waals surface area contributed by atoms with Crippen LogP contribution in [0.2, 0.25) is 0 Å². The molecule has 0 saturated carbocycles. The van der Waals surface area contributed by atoms with E-state index in [-0.39, 0.29) is 12.5 Å². The topological polar surface area (TPSA) is 59.9 Å². The number of amides is 1. The molecule has 1 amide bonds. The van der Waals surface area contributed by atoms with Crippen LogP contribution in [0.25, 0.3) is 0 Å². The summed E-state index contributed by atoms with van der Waals surface area (Å²) >= 11 is 9.03. The van der Waals surface area contributed by atoms with Crippen molar-refractivity contribution in [1.29, 1.82) is 0 Å². The van der Waals surface area contributed by atoms with Gasteiger partial charge < -0.3 is 9.47 Å². The molecule has 0 bridgehead atoms. The lowest BCUT2D eigenvalue weighted by Crippen LogP contribution is -2.24. The summed E-state index contributed by atoms with van der Waals surface area (Å²) in [5.74, 6) is 1.000. The Morgan fingerprint density at radius 1 is 1.00 bits per heavy atom. The first kappa shape index (κ1) is 22.8. The molecule has 0 aliphatic carbocycles. The van der Waals surface area contributed by atoms with E-state index in [1.54, 1.807) is 12.3 Å². The second-order valence-electron chi connectivity index (χ2n) is 6.14. The van der Waals surface area contributed by atoms with Gasteiger partial charge in [0.05, 0.1) is 10.7 Å². The highest BCUT2D eigenvalue weighted by Gasteiger charge is 2.05. The fourth-order valence-corrected chi connectivity index (χ4v) is 3.87. The molecular formula is C22H17Br2IN2O3. The summed E-state index contributed by atoms with van der Waals surface area (Å²) in [6.45, 7) is 0.373. The standard InChI is InChI=1S/C22H17Br2IN2O3/c23-17-5-10-21(20(24)11-17)30-14-22(28)27-26-12-15-3-8-19(9-4-15)29-13-16-1-6-18(25)7-2-16/h1-12H,13-14H2,(H,27,28)/b26-12+. The van der Waals surface area contributed by atoms with Crippen molar-refractivity contribution in [3.63, 3.8) is 0 Å². The lowest BCUT2D eigenvalue weighted by atomic mass is 10.2. The van der Waals surface area contributed by atoms with Gasteiger partial charge in [0.25, 0.3) is 5.91 Å². The summed E-state index contributed by atoms with van der Waals surface area (Å²) < 4.78 is 14.1. The molecule has 0 fully saturated rings. The molecule has 3 aromatic rings. The number of hydrazone groups is 1. The zero-order valence-corrected chi connectivity index (χ0v) is 21.0. The highest BCUT2D eigenvalue weighted by Crippen LogP contribution is 2.28. The number of nitrogens with one attached hydrogen (secondary N) is 1. The van der Waals surface area contributed by atoms with E-state index in [0.717, 1.165) is 25.8 Å². The molecule has 0 radical (unpaired) electrons. The molecule has 5 nitrogen and oxygen atoms in total. The molecule has 0 saturated heterocycles. The van der Waals surface area contributed by atoms with Crippen LogP contribution in [0, 0.1) is 3.57 Å². The van der Waals surface area contributed by atoms with Gasteiger partial charge in [0.2, 0.25) is 0 Å². The Kier molecular flexibility index (Phi) is 8.71. The van der Waals surface area contributed by atoms with Crippen LogP contribution >= 0.6 is 54.5 Å². The Morgan fingerprint density at radius 3 is 2.43 bits per heavy atom. The van der Waals surface area contributed by atoms with E-state index in [2.05, 4.69) is 77.1 Å². The monoisotopic (exact) mass is 642 g/mol. The van der Waals surface area contributed by atoms with Gasteiger partial charge in [0, 0.05) is 8.04 Å². The third-order valence-electron chi connectivity index (χ3n) is 3.85. The van der Waals surface area contributed by atoms with Gasteiger partial charge in [-0.25, -0.2) is 5.43 Å². The normalized spacial score (nSPS) is 10.8. The van der Waals surface area contributed by atoms with Crippen molar-refractivity contribution in [2.75, 3.05) is 6.61 Å². The van der Waals surface area contributed by atoms with Crippen LogP contribution in [0.1, 0.15) is 11.1 Å². The third-order valence-corrected chi connectivity index (χ3v) is 5.69. The van der Waals surface area contributed by atoms with Crippen LogP contribution in [-0.2, 0) is 11.4 Å². The van der Waals surface area contributed by atoms with Crippen molar-refractivity contribution < 1.29 is 14.3 Å². The average molecular weight is 644 g/mol. The lowest BCUT2D eigenvalue weighted by Gasteiger charge is -2.07. The molecule has 154 valence electrons. The number of benzene rings is 3. The van der Waals surface area contributed by atoms with Crippen molar-refractivity contribution in [2.45, 2.75) is 6.61 Å². The minimum Gasteiger partial charge on any atom is -0.489 e. The van der Waals surface area contributed by atoms with Crippen molar-refractivity contribution in [2.24, 2.45) is 5.10 Å². The molecule has 8 heteroatoms. The molecule has 0 atom stereocenters. The van der Waals surface area contributed by atoms with Gasteiger partial charge in [0.15, 0.2) is 6.61 Å². The number of rotatable bonds is 8. The number of nitrogens with zero attached hydrogens (tertiary/aromatic N) is 1. The van der Waals surface area contributed by atoms with Gasteiger partial charge in [-0.3, -0.25) is 4.79 Å². The van der Waals surface area contributed by atoms with Crippen molar-refractivity contribution >= 4 is 66.6 Å². The van der Waals surface area contributed by atoms with Gasteiger partial charge in [-0.05, 0) is 104 Å². The van der Waals surface area contributed by atoms with Crippen molar-refractivity contribution in [1.82, 2.24) is 5.43 Å². The maximum absolute atomic E-state index is 11.9. The van der Waals surface area contributed by atoms with E-state index in [0.29, 0.717) is 12.4 Å². The molecule has 0 aliphatic heterocycles. The minimum atomic E-state index is -0.349. The Hall–Kier alpha value is -1.91. The van der Waals surface area contributed by atoms with Crippen LogP contribution in [-0.4, -0.2) is 18.7 Å². The fourth-order valence-electron chi connectivity index (χ4n) is 2.34. The summed E-state index contributed by atoms with van der Waals surface area (Å²) in [5.41, 5.74) is 4.40. The Bertz CT molecular complexity index is 1030. The van der Waals surface area contributed by atoms with Crippen molar-refractivity contribution in [3.8, 4) is 11.5 Å². The third kappa shape index (κ3) is 7.41. The van der Waals surface area contributed by atoms with Gasteiger partial charge >= 0.3 is 0 Å². The quantitative estimate of drug-likeness (QED) is 0.188. The highest BCUT2D eigenvalue weighted by molar-refractivity contribution is 14.1. The van der Waals surface area contributed by atoms with Gasteiger partial charge in [-0.2, -0.15) is 5.10 Å². The molecular weight excluding hydrogens is 627 g/mol. The zero-order valence-electron chi connectivity index (χ0n) is 15.6.